The van der Waals surface area contributed by atoms with E-state index in [4.69, 9.17) is 14.7 Å². The van der Waals surface area contributed by atoms with Gasteiger partial charge in [0.25, 0.3) is 0 Å². The van der Waals surface area contributed by atoms with E-state index < -0.39 is 6.04 Å². The summed E-state index contributed by atoms with van der Waals surface area (Å²) in [6.45, 7) is 6.73. The molecule has 3 N–H and O–H groups in total. The van der Waals surface area contributed by atoms with Crippen LogP contribution in [0.3, 0.4) is 0 Å². The molecule has 2 amide bonds. The summed E-state index contributed by atoms with van der Waals surface area (Å²) >= 11 is 0. The quantitative estimate of drug-likeness (QED) is 0.431. The first kappa shape index (κ1) is 27.0. The zero-order valence-corrected chi connectivity index (χ0v) is 22.2. The molecular formula is C26H44N6O3. The predicted molar refractivity (Wildman–Crippen MR) is 139 cm³/mol. The van der Waals surface area contributed by atoms with Gasteiger partial charge in [-0.3, -0.25) is 0 Å². The van der Waals surface area contributed by atoms with Gasteiger partial charge in [-0.15, -0.1) is 0 Å². The van der Waals surface area contributed by atoms with Gasteiger partial charge in [-0.2, -0.15) is 4.98 Å². The summed E-state index contributed by atoms with van der Waals surface area (Å²) < 4.78 is 5.11. The van der Waals surface area contributed by atoms with Crippen molar-refractivity contribution in [2.24, 2.45) is 11.8 Å². The number of anilines is 2. The minimum atomic E-state index is -0.612. The molecule has 1 atom stereocenters. The van der Waals surface area contributed by atoms with Gasteiger partial charge in [0, 0.05) is 32.2 Å². The largest absolute Gasteiger partial charge is 0.464 e. The van der Waals surface area contributed by atoms with Crippen molar-refractivity contribution in [3.63, 3.8) is 0 Å². The Morgan fingerprint density at radius 3 is 2.46 bits per heavy atom. The van der Waals surface area contributed by atoms with Crippen LogP contribution in [-0.2, 0) is 22.4 Å². The zero-order valence-electron chi connectivity index (χ0n) is 22.2. The number of aryl methyl sites for hydroxylation is 1. The number of urea groups is 1. The minimum Gasteiger partial charge on any atom is -0.464 e. The lowest BCUT2D eigenvalue weighted by molar-refractivity contribution is -0.145. The van der Waals surface area contributed by atoms with Crippen LogP contribution >= 0.6 is 0 Å². The van der Waals surface area contributed by atoms with Crippen LogP contribution in [0.1, 0.15) is 77.0 Å². The van der Waals surface area contributed by atoms with E-state index in [2.05, 4.69) is 20.9 Å². The van der Waals surface area contributed by atoms with Crippen LogP contribution in [0.5, 0.6) is 0 Å². The van der Waals surface area contributed by atoms with Crippen molar-refractivity contribution >= 4 is 23.8 Å². The molecule has 0 spiro atoms. The highest BCUT2D eigenvalue weighted by atomic mass is 16.5. The smallest absolute Gasteiger partial charge is 0.328 e. The molecule has 1 saturated carbocycles. The van der Waals surface area contributed by atoms with Crippen LogP contribution in [0.15, 0.2) is 0 Å². The Morgan fingerprint density at radius 2 is 1.80 bits per heavy atom. The molecule has 1 fully saturated rings. The number of carbonyl (C=O) groups excluding carboxylic acids is 2. The SMILES string of the molecule is CCOC(=O)C(CC(C)C)NC(=O)NC[C@H]1CC[C@@H](Nc2nc3c(c(N(C)C)n2)CCCC3)CC1. The number of carbonyl (C=O) groups is 2. The predicted octanol–water partition coefficient (Wildman–Crippen LogP) is 3.67. The molecule has 35 heavy (non-hydrogen) atoms. The van der Waals surface area contributed by atoms with E-state index in [1.165, 1.54) is 24.1 Å². The maximum absolute atomic E-state index is 12.4. The molecule has 0 saturated heterocycles. The van der Waals surface area contributed by atoms with E-state index in [1.807, 2.05) is 27.9 Å². The van der Waals surface area contributed by atoms with Crippen LogP contribution in [0, 0.1) is 11.8 Å². The van der Waals surface area contributed by atoms with Gasteiger partial charge in [0.2, 0.25) is 5.95 Å². The normalized spacial score (nSPS) is 20.5. The van der Waals surface area contributed by atoms with Gasteiger partial charge in [0.05, 0.1) is 12.3 Å². The lowest BCUT2D eigenvalue weighted by atomic mass is 9.86. The number of ether oxygens (including phenoxy) is 1. The number of fused-ring (bicyclic) bond motifs is 1. The highest BCUT2D eigenvalue weighted by Gasteiger charge is 2.26. The molecule has 9 heteroatoms. The Bertz CT molecular complexity index is 852. The average Bonchev–Trinajstić information content (AvgIpc) is 2.82. The Kier molecular flexibility index (Phi) is 9.98. The van der Waals surface area contributed by atoms with Crippen molar-refractivity contribution < 1.29 is 14.3 Å². The molecule has 0 aromatic carbocycles. The van der Waals surface area contributed by atoms with Crippen molar-refractivity contribution in [3.8, 4) is 0 Å². The number of esters is 1. The standard InChI is InChI=1S/C26H44N6O3/c1-6-35-24(33)22(15-17(2)3)30-26(34)27-16-18-11-13-19(14-12-18)28-25-29-21-10-8-7-9-20(21)23(31-25)32(4)5/h17-19,22H,6-16H2,1-5H3,(H2,27,30,34)(H,28,29,31)/t18-,19+,22?. The van der Waals surface area contributed by atoms with Crippen molar-refractivity contribution in [1.29, 1.82) is 0 Å². The molecule has 1 aromatic rings. The van der Waals surface area contributed by atoms with Gasteiger partial charge in [0.1, 0.15) is 11.9 Å². The van der Waals surface area contributed by atoms with Gasteiger partial charge in [-0.1, -0.05) is 13.8 Å². The molecule has 0 radical (unpaired) electrons. The molecule has 0 aliphatic heterocycles. The van der Waals surface area contributed by atoms with Crippen molar-refractivity contribution in [2.75, 3.05) is 37.5 Å². The number of hydrogen-bond acceptors (Lipinski definition) is 7. The number of aromatic nitrogens is 2. The molecule has 2 aliphatic carbocycles. The summed E-state index contributed by atoms with van der Waals surface area (Å²) in [4.78, 5) is 36.4. The lowest BCUT2D eigenvalue weighted by Crippen LogP contribution is -2.48. The van der Waals surface area contributed by atoms with E-state index >= 15 is 0 Å². The fourth-order valence-electron chi connectivity index (χ4n) is 5.08. The summed E-state index contributed by atoms with van der Waals surface area (Å²) in [7, 11) is 4.10. The topological polar surface area (TPSA) is 108 Å². The fourth-order valence-corrected chi connectivity index (χ4v) is 5.08. The molecule has 1 heterocycles. The maximum atomic E-state index is 12.4. The first-order valence-electron chi connectivity index (χ1n) is 13.3. The van der Waals surface area contributed by atoms with Crippen LogP contribution < -0.4 is 20.9 Å². The van der Waals surface area contributed by atoms with Crippen LogP contribution in [0.4, 0.5) is 16.6 Å². The molecule has 3 rings (SSSR count). The molecule has 9 nitrogen and oxygen atoms in total. The first-order valence-corrected chi connectivity index (χ1v) is 13.3. The highest BCUT2D eigenvalue weighted by molar-refractivity contribution is 5.83. The number of nitrogens with one attached hydrogen (secondary N) is 3. The number of hydrogen-bond donors (Lipinski definition) is 3. The Labute approximate surface area is 210 Å². The molecule has 2 aliphatic rings. The molecule has 0 bridgehead atoms. The van der Waals surface area contributed by atoms with Crippen LogP contribution in [0.25, 0.3) is 0 Å². The summed E-state index contributed by atoms with van der Waals surface area (Å²) in [5, 5.41) is 9.34. The Morgan fingerprint density at radius 1 is 1.09 bits per heavy atom. The molecular weight excluding hydrogens is 444 g/mol. The highest BCUT2D eigenvalue weighted by Crippen LogP contribution is 2.30. The van der Waals surface area contributed by atoms with Gasteiger partial charge >= 0.3 is 12.0 Å². The van der Waals surface area contributed by atoms with E-state index in [0.717, 1.165) is 50.3 Å². The Hall–Kier alpha value is -2.58. The monoisotopic (exact) mass is 488 g/mol. The second-order valence-electron chi connectivity index (χ2n) is 10.5. The average molecular weight is 489 g/mol. The third-order valence-electron chi connectivity index (χ3n) is 6.90. The number of rotatable bonds is 10. The molecule has 1 unspecified atom stereocenters. The maximum Gasteiger partial charge on any atom is 0.328 e. The summed E-state index contributed by atoms with van der Waals surface area (Å²) in [6.07, 6.45) is 9.14. The first-order chi connectivity index (χ1) is 16.8. The van der Waals surface area contributed by atoms with Gasteiger partial charge in [-0.05, 0) is 76.5 Å². The van der Waals surface area contributed by atoms with E-state index in [0.29, 0.717) is 31.5 Å². The fraction of sp³-hybridized carbons (Fsp3) is 0.769. The third-order valence-corrected chi connectivity index (χ3v) is 6.90. The minimum absolute atomic E-state index is 0.278. The second kappa shape index (κ2) is 12.9. The van der Waals surface area contributed by atoms with Crippen LogP contribution in [0.2, 0.25) is 0 Å². The van der Waals surface area contributed by atoms with Crippen LogP contribution in [-0.4, -0.2) is 61.3 Å². The summed E-state index contributed by atoms with van der Waals surface area (Å²) in [5.74, 6) is 2.11. The second-order valence-corrected chi connectivity index (χ2v) is 10.5. The van der Waals surface area contributed by atoms with E-state index in [-0.39, 0.29) is 17.9 Å². The number of nitrogens with zero attached hydrogens (tertiary/aromatic N) is 3. The van der Waals surface area contributed by atoms with Gasteiger partial charge in [0.15, 0.2) is 0 Å². The van der Waals surface area contributed by atoms with E-state index in [1.54, 1.807) is 6.92 Å². The van der Waals surface area contributed by atoms with E-state index in [9.17, 15) is 9.59 Å². The van der Waals surface area contributed by atoms with Crippen molar-refractivity contribution in [1.82, 2.24) is 20.6 Å². The third kappa shape index (κ3) is 7.97. The van der Waals surface area contributed by atoms with Crippen molar-refractivity contribution in [2.45, 2.75) is 90.6 Å². The molecule has 1 aromatic heterocycles. The lowest BCUT2D eigenvalue weighted by Gasteiger charge is -2.30. The number of amides is 2. The Balaban J connectivity index is 1.46. The van der Waals surface area contributed by atoms with Gasteiger partial charge < -0.3 is 25.6 Å². The summed E-state index contributed by atoms with van der Waals surface area (Å²) in [5.41, 5.74) is 2.50. The molecule has 196 valence electrons. The summed E-state index contributed by atoms with van der Waals surface area (Å²) in [6, 6.07) is -0.572. The zero-order chi connectivity index (χ0) is 25.4. The van der Waals surface area contributed by atoms with Crippen molar-refractivity contribution in [3.05, 3.63) is 11.3 Å². The van der Waals surface area contributed by atoms with Gasteiger partial charge in [-0.25, -0.2) is 14.6 Å².